The minimum Gasteiger partial charge on any atom is -0.480 e. The number of halogens is 7. The van der Waals surface area contributed by atoms with Crippen molar-refractivity contribution in [1.82, 2.24) is 19.7 Å². The number of piperidine rings is 1. The molecule has 0 unspecified atom stereocenters. The number of aliphatic carboxylic acids is 1. The lowest BCUT2D eigenvalue weighted by atomic mass is 9.92. The molecule has 0 bridgehead atoms. The highest BCUT2D eigenvalue weighted by Crippen LogP contribution is 2.33. The van der Waals surface area contributed by atoms with Crippen molar-refractivity contribution in [2.45, 2.75) is 68.2 Å². The molecule has 0 aliphatic carbocycles. The molecule has 0 spiro atoms. The second-order valence-electron chi connectivity index (χ2n) is 11.9. The molecule has 0 radical (unpaired) electrons. The van der Waals surface area contributed by atoms with Gasteiger partial charge in [-0.15, -0.1) is 0 Å². The molecule has 2 aliphatic rings. The molecule has 288 valence electrons. The molecule has 0 amide bonds. The summed E-state index contributed by atoms with van der Waals surface area (Å²) in [7, 11) is -4.08. The Bertz CT molecular complexity index is 1880. The number of fused-ring (bicyclic) bond motifs is 1. The summed E-state index contributed by atoms with van der Waals surface area (Å²) >= 11 is 5.85. The number of aryl methyl sites for hydroxylation is 1. The van der Waals surface area contributed by atoms with Crippen LogP contribution in [0.4, 0.5) is 43.8 Å². The fraction of sp³-hybridized carbons (Fsp3) is 0.438. The van der Waals surface area contributed by atoms with Gasteiger partial charge in [-0.05, 0) is 68.0 Å². The standard InChI is InChI=1S/C28H34ClN7O4S.C4F6O2/c1-2-22-26(31-16-24(28(37)38)35-41(39,40)21-8-6-20(29)7-9-21)32-17-33-27(22)36-14-11-18(12-15-36)23-10-5-19-4-3-13-30-25(19)34-23;5-3(6,7)1(11)2(12)4(8,9)10/h5-10,17-18,24,35H,2-4,11-16H2,1H3,(H,30,34)(H,37,38)(H,31,32,33);/t24-;/m0./s1. The molecule has 1 aromatic carbocycles. The number of benzene rings is 1. The van der Waals surface area contributed by atoms with E-state index in [9.17, 15) is 54.3 Å². The fourth-order valence-corrected chi connectivity index (χ4v) is 6.93. The van der Waals surface area contributed by atoms with Crippen LogP contribution in [0.15, 0.2) is 47.6 Å². The van der Waals surface area contributed by atoms with Gasteiger partial charge in [-0.25, -0.2) is 23.4 Å². The third kappa shape index (κ3) is 10.8. The second kappa shape index (κ2) is 17.1. The number of pyridine rings is 1. The number of carbonyl (C=O) groups excluding carboxylic acids is 2. The number of aromatic nitrogens is 3. The fourth-order valence-electron chi connectivity index (χ4n) is 5.62. The Kier molecular flexibility index (Phi) is 13.3. The highest BCUT2D eigenvalue weighted by molar-refractivity contribution is 7.89. The van der Waals surface area contributed by atoms with Crippen LogP contribution in [0.1, 0.15) is 48.9 Å². The molecule has 5 rings (SSSR count). The highest BCUT2D eigenvalue weighted by Gasteiger charge is 2.54. The maximum atomic E-state index is 12.8. The first-order valence-corrected chi connectivity index (χ1v) is 18.0. The molecule has 1 saturated heterocycles. The predicted octanol–water partition coefficient (Wildman–Crippen LogP) is 4.92. The maximum absolute atomic E-state index is 12.8. The summed E-state index contributed by atoms with van der Waals surface area (Å²) < 4.78 is 94.7. The average Bonchev–Trinajstić information content (AvgIpc) is 3.12. The van der Waals surface area contributed by atoms with Crippen molar-refractivity contribution in [2.24, 2.45) is 0 Å². The number of nitrogens with zero attached hydrogens (tertiary/aromatic N) is 4. The zero-order valence-electron chi connectivity index (χ0n) is 27.9. The number of hydrogen-bond acceptors (Lipinski definition) is 11. The predicted molar refractivity (Wildman–Crippen MR) is 180 cm³/mol. The van der Waals surface area contributed by atoms with Gasteiger partial charge in [0.25, 0.3) is 0 Å². The van der Waals surface area contributed by atoms with Gasteiger partial charge in [0.15, 0.2) is 0 Å². The van der Waals surface area contributed by atoms with Gasteiger partial charge >= 0.3 is 29.9 Å². The van der Waals surface area contributed by atoms with Crippen molar-refractivity contribution in [1.29, 1.82) is 0 Å². The number of rotatable bonds is 11. The van der Waals surface area contributed by atoms with E-state index >= 15 is 0 Å². The first-order valence-electron chi connectivity index (χ1n) is 16.1. The third-order valence-corrected chi connectivity index (χ3v) is 10.1. The Balaban J connectivity index is 0.000000450. The van der Waals surface area contributed by atoms with Crippen molar-refractivity contribution in [2.75, 3.05) is 41.7 Å². The molecule has 2 aliphatic heterocycles. The number of ketones is 2. The Morgan fingerprint density at radius 1 is 1.00 bits per heavy atom. The summed E-state index contributed by atoms with van der Waals surface area (Å²) in [6, 6.07) is 8.46. The van der Waals surface area contributed by atoms with Crippen LogP contribution in [0, 0.1) is 0 Å². The van der Waals surface area contributed by atoms with Gasteiger partial charge in [0, 0.05) is 48.4 Å². The molecule has 1 fully saturated rings. The summed E-state index contributed by atoms with van der Waals surface area (Å²) in [6.45, 7) is 4.36. The number of carboxylic acid groups (broad SMARTS) is 1. The van der Waals surface area contributed by atoms with Gasteiger partial charge < -0.3 is 20.6 Å². The van der Waals surface area contributed by atoms with E-state index in [2.05, 4.69) is 42.4 Å². The van der Waals surface area contributed by atoms with Crippen LogP contribution in [-0.4, -0.2) is 90.6 Å². The van der Waals surface area contributed by atoms with Crippen LogP contribution >= 0.6 is 11.6 Å². The van der Waals surface area contributed by atoms with Gasteiger partial charge in [-0.3, -0.25) is 14.4 Å². The average molecular weight is 794 g/mol. The van der Waals surface area contributed by atoms with Crippen LogP contribution in [0.2, 0.25) is 5.02 Å². The normalized spacial score (nSPS) is 15.7. The number of carboxylic acids is 1. The number of Topliss-reactive ketones (excluding diaryl/α,β-unsaturated/α-hetero) is 2. The molecule has 4 heterocycles. The molecular formula is C32H34ClF6N7O6S. The van der Waals surface area contributed by atoms with E-state index in [1.807, 2.05) is 6.92 Å². The Morgan fingerprint density at radius 3 is 2.19 bits per heavy atom. The molecule has 2 aromatic heterocycles. The summed E-state index contributed by atoms with van der Waals surface area (Å²) in [5, 5.41) is 16.6. The topological polar surface area (TPSA) is 184 Å². The van der Waals surface area contributed by atoms with Crippen molar-refractivity contribution in [3.8, 4) is 0 Å². The van der Waals surface area contributed by atoms with Gasteiger partial charge in [0.2, 0.25) is 10.0 Å². The van der Waals surface area contributed by atoms with E-state index in [1.165, 1.54) is 36.2 Å². The number of sulfonamides is 1. The van der Waals surface area contributed by atoms with E-state index in [1.54, 1.807) is 0 Å². The van der Waals surface area contributed by atoms with Gasteiger partial charge in [-0.1, -0.05) is 24.6 Å². The number of alkyl halides is 6. The largest absolute Gasteiger partial charge is 0.480 e. The second-order valence-corrected chi connectivity index (χ2v) is 14.1. The monoisotopic (exact) mass is 793 g/mol. The summed E-state index contributed by atoms with van der Waals surface area (Å²) in [4.78, 5) is 47.2. The first kappa shape index (κ1) is 41.2. The summed E-state index contributed by atoms with van der Waals surface area (Å²) in [5.41, 5.74) is 3.26. The van der Waals surface area contributed by atoms with Gasteiger partial charge in [-0.2, -0.15) is 31.1 Å². The van der Waals surface area contributed by atoms with Crippen molar-refractivity contribution >= 4 is 56.6 Å². The van der Waals surface area contributed by atoms with Gasteiger partial charge in [0.05, 0.1) is 4.90 Å². The molecular weight excluding hydrogens is 760 g/mol. The molecule has 0 saturated carbocycles. The zero-order chi connectivity index (χ0) is 39.1. The maximum Gasteiger partial charge on any atom is 0.458 e. The number of nitrogens with one attached hydrogen (secondary N) is 3. The molecule has 21 heteroatoms. The molecule has 53 heavy (non-hydrogen) atoms. The minimum absolute atomic E-state index is 0.0722. The lowest BCUT2D eigenvalue weighted by Crippen LogP contribution is -2.45. The SMILES string of the molecule is CCc1c(NC[C@H](NS(=O)(=O)c2ccc(Cl)cc2)C(=O)O)ncnc1N1CCC(c2ccc3c(n2)NCCC3)CC1.O=C(C(=O)C(F)(F)F)C(F)(F)F. The van der Waals surface area contributed by atoms with E-state index in [0.717, 1.165) is 68.2 Å². The van der Waals surface area contributed by atoms with Crippen LogP contribution < -0.4 is 20.3 Å². The zero-order valence-corrected chi connectivity index (χ0v) is 29.5. The molecule has 3 aromatic rings. The summed E-state index contributed by atoms with van der Waals surface area (Å²) in [6.07, 6.45) is -5.39. The number of carbonyl (C=O) groups is 3. The van der Waals surface area contributed by atoms with Crippen LogP contribution in [0.5, 0.6) is 0 Å². The quantitative estimate of drug-likeness (QED) is 0.152. The highest BCUT2D eigenvalue weighted by atomic mass is 35.5. The number of hydrogen-bond donors (Lipinski definition) is 4. The molecule has 13 nitrogen and oxygen atoms in total. The van der Waals surface area contributed by atoms with Gasteiger partial charge in [0.1, 0.15) is 29.8 Å². The van der Waals surface area contributed by atoms with Crippen LogP contribution in [0.25, 0.3) is 0 Å². The Labute approximate surface area is 304 Å². The third-order valence-electron chi connectivity index (χ3n) is 8.32. The Morgan fingerprint density at radius 2 is 1.62 bits per heavy atom. The Hall–Kier alpha value is -4.56. The van der Waals surface area contributed by atoms with E-state index in [4.69, 9.17) is 16.6 Å². The van der Waals surface area contributed by atoms with Crippen molar-refractivity contribution in [3.05, 3.63) is 64.6 Å². The molecule has 4 N–H and O–H groups in total. The van der Waals surface area contributed by atoms with Crippen molar-refractivity contribution in [3.63, 3.8) is 0 Å². The first-order chi connectivity index (χ1) is 24.8. The van der Waals surface area contributed by atoms with Crippen LogP contribution in [0.3, 0.4) is 0 Å². The minimum atomic E-state index is -5.77. The van der Waals surface area contributed by atoms with E-state index in [0.29, 0.717) is 23.2 Å². The molecule has 1 atom stereocenters. The van der Waals surface area contributed by atoms with E-state index < -0.39 is 46.0 Å². The van der Waals surface area contributed by atoms with Crippen LogP contribution in [-0.2, 0) is 37.2 Å². The number of anilines is 3. The lowest BCUT2D eigenvalue weighted by Gasteiger charge is -2.34. The smallest absolute Gasteiger partial charge is 0.458 e. The lowest BCUT2D eigenvalue weighted by molar-refractivity contribution is -0.193. The van der Waals surface area contributed by atoms with Crippen molar-refractivity contribution < 1.29 is 54.3 Å². The summed E-state index contributed by atoms with van der Waals surface area (Å²) in [5.74, 6) is -5.45. The van der Waals surface area contributed by atoms with E-state index in [-0.39, 0.29) is 11.4 Å².